The average Bonchev–Trinajstić information content (AvgIpc) is 3.25. The highest BCUT2D eigenvalue weighted by Crippen LogP contribution is 2.29. The van der Waals surface area contributed by atoms with Crippen molar-refractivity contribution in [3.63, 3.8) is 0 Å². The van der Waals surface area contributed by atoms with Crippen LogP contribution in [-0.4, -0.2) is 52.2 Å². The standard InChI is InChI=1S/C23H29N5O.C2H6/c1-3-7-17(8-4-1)21-26-22(24-18-9-5-2-6-10-18)20-15-19(25-23(20)27-21)16-28-11-13-29-14-12-28;1-2/h1,3-4,7-8,15,18H,2,5-6,9-14,16H2,(H2,24,25,26,27);1-2H3. The molecular weight excluding hydrogens is 386 g/mol. The summed E-state index contributed by atoms with van der Waals surface area (Å²) in [5.74, 6) is 1.74. The number of anilines is 1. The molecule has 3 aromatic rings. The molecule has 0 spiro atoms. The lowest BCUT2D eigenvalue weighted by Gasteiger charge is -2.25. The van der Waals surface area contributed by atoms with Crippen molar-refractivity contribution in [2.45, 2.75) is 58.5 Å². The maximum absolute atomic E-state index is 5.48. The predicted molar refractivity (Wildman–Crippen MR) is 127 cm³/mol. The maximum Gasteiger partial charge on any atom is 0.163 e. The molecule has 1 aliphatic carbocycles. The van der Waals surface area contributed by atoms with Crippen LogP contribution < -0.4 is 5.32 Å². The van der Waals surface area contributed by atoms with E-state index in [1.807, 2.05) is 32.0 Å². The molecule has 1 saturated carbocycles. The summed E-state index contributed by atoms with van der Waals surface area (Å²) < 4.78 is 5.48. The number of ether oxygens (including phenoxy) is 1. The van der Waals surface area contributed by atoms with Gasteiger partial charge in [0.15, 0.2) is 5.82 Å². The lowest BCUT2D eigenvalue weighted by Crippen LogP contribution is -2.35. The lowest BCUT2D eigenvalue weighted by atomic mass is 9.95. The van der Waals surface area contributed by atoms with Gasteiger partial charge >= 0.3 is 0 Å². The molecule has 0 unspecified atom stereocenters. The Bertz CT molecular complexity index is 943. The minimum atomic E-state index is 0.503. The fourth-order valence-electron chi connectivity index (χ4n) is 4.42. The van der Waals surface area contributed by atoms with Crippen LogP contribution in [0.2, 0.25) is 0 Å². The van der Waals surface area contributed by atoms with E-state index in [2.05, 4.69) is 33.4 Å². The van der Waals surface area contributed by atoms with Crippen LogP contribution >= 0.6 is 0 Å². The van der Waals surface area contributed by atoms with E-state index in [9.17, 15) is 0 Å². The first-order valence-corrected chi connectivity index (χ1v) is 11.9. The zero-order valence-corrected chi connectivity index (χ0v) is 18.9. The van der Waals surface area contributed by atoms with Crippen LogP contribution in [0.1, 0.15) is 51.6 Å². The number of rotatable bonds is 5. The number of nitrogens with zero attached hydrogens (tertiary/aromatic N) is 3. The Balaban J connectivity index is 0.00000112. The van der Waals surface area contributed by atoms with Crippen molar-refractivity contribution >= 4 is 16.9 Å². The monoisotopic (exact) mass is 421 g/mol. The number of benzene rings is 1. The molecule has 0 bridgehead atoms. The first-order chi connectivity index (χ1) is 15.3. The van der Waals surface area contributed by atoms with Crippen LogP contribution in [-0.2, 0) is 11.3 Å². The van der Waals surface area contributed by atoms with Crippen molar-refractivity contribution in [1.82, 2.24) is 19.9 Å². The number of H-pyrrole nitrogens is 1. The van der Waals surface area contributed by atoms with Gasteiger partial charge in [-0.2, -0.15) is 0 Å². The number of hydrogen-bond acceptors (Lipinski definition) is 5. The number of hydrogen-bond donors (Lipinski definition) is 2. The van der Waals surface area contributed by atoms with Crippen molar-refractivity contribution in [1.29, 1.82) is 0 Å². The molecule has 5 rings (SSSR count). The van der Waals surface area contributed by atoms with E-state index < -0.39 is 0 Å². The zero-order valence-electron chi connectivity index (χ0n) is 18.9. The second-order valence-corrected chi connectivity index (χ2v) is 8.19. The highest BCUT2D eigenvalue weighted by Gasteiger charge is 2.19. The van der Waals surface area contributed by atoms with Gasteiger partial charge < -0.3 is 15.0 Å². The number of morpholine rings is 1. The van der Waals surface area contributed by atoms with Gasteiger partial charge in [-0.3, -0.25) is 4.90 Å². The fourth-order valence-corrected chi connectivity index (χ4v) is 4.42. The number of fused-ring (bicyclic) bond motifs is 1. The van der Waals surface area contributed by atoms with Crippen LogP contribution in [0.25, 0.3) is 22.4 Å². The minimum Gasteiger partial charge on any atom is -0.379 e. The van der Waals surface area contributed by atoms with Crippen LogP contribution in [0, 0.1) is 0 Å². The van der Waals surface area contributed by atoms with Gasteiger partial charge in [0.1, 0.15) is 11.5 Å². The van der Waals surface area contributed by atoms with Crippen LogP contribution in [0.15, 0.2) is 36.4 Å². The summed E-state index contributed by atoms with van der Waals surface area (Å²) in [4.78, 5) is 15.8. The third-order valence-corrected chi connectivity index (χ3v) is 6.02. The molecule has 6 nitrogen and oxygen atoms in total. The molecule has 1 aliphatic heterocycles. The van der Waals surface area contributed by atoms with Gasteiger partial charge in [-0.25, -0.2) is 9.97 Å². The SMILES string of the molecule is CC.c1ccc(-c2nc(NC3CCCCC3)c3cc(CN4CCOCC4)[nH]c3n2)cc1. The summed E-state index contributed by atoms with van der Waals surface area (Å²) in [6.07, 6.45) is 6.38. The molecule has 0 radical (unpaired) electrons. The van der Waals surface area contributed by atoms with Crippen molar-refractivity contribution in [2.75, 3.05) is 31.6 Å². The average molecular weight is 422 g/mol. The van der Waals surface area contributed by atoms with E-state index in [-0.39, 0.29) is 0 Å². The fraction of sp³-hybridized carbons (Fsp3) is 0.520. The van der Waals surface area contributed by atoms with E-state index in [0.717, 1.165) is 61.1 Å². The molecule has 2 aromatic heterocycles. The quantitative estimate of drug-likeness (QED) is 0.591. The summed E-state index contributed by atoms with van der Waals surface area (Å²) in [5.41, 5.74) is 3.15. The van der Waals surface area contributed by atoms with E-state index >= 15 is 0 Å². The molecular formula is C25H35N5O. The van der Waals surface area contributed by atoms with Crippen LogP contribution in [0.5, 0.6) is 0 Å². The van der Waals surface area contributed by atoms with E-state index in [1.54, 1.807) is 0 Å². The topological polar surface area (TPSA) is 66.1 Å². The molecule has 2 fully saturated rings. The Hall–Kier alpha value is -2.44. The number of aromatic amines is 1. The minimum absolute atomic E-state index is 0.503. The van der Waals surface area contributed by atoms with Gasteiger partial charge in [-0.1, -0.05) is 63.4 Å². The molecule has 2 N–H and O–H groups in total. The first kappa shape index (κ1) is 21.8. The summed E-state index contributed by atoms with van der Waals surface area (Å²) in [6, 6.07) is 13.0. The second kappa shape index (κ2) is 10.7. The molecule has 3 heterocycles. The van der Waals surface area contributed by atoms with Crippen LogP contribution in [0.4, 0.5) is 5.82 Å². The van der Waals surface area contributed by atoms with Gasteiger partial charge in [0, 0.05) is 36.9 Å². The zero-order chi connectivity index (χ0) is 21.5. The van der Waals surface area contributed by atoms with Crippen molar-refractivity contribution in [3.05, 3.63) is 42.1 Å². The maximum atomic E-state index is 5.48. The van der Waals surface area contributed by atoms with Gasteiger partial charge in [0.2, 0.25) is 0 Å². The summed E-state index contributed by atoms with van der Waals surface area (Å²) in [6.45, 7) is 8.47. The van der Waals surface area contributed by atoms with Gasteiger partial charge in [-0.15, -0.1) is 0 Å². The molecule has 31 heavy (non-hydrogen) atoms. The smallest absolute Gasteiger partial charge is 0.163 e. The molecule has 0 amide bonds. The van der Waals surface area contributed by atoms with Crippen molar-refractivity contribution < 1.29 is 4.74 Å². The summed E-state index contributed by atoms with van der Waals surface area (Å²) >= 11 is 0. The predicted octanol–water partition coefficient (Wildman–Crippen LogP) is 5.23. The molecule has 1 saturated heterocycles. The van der Waals surface area contributed by atoms with E-state index in [0.29, 0.717) is 6.04 Å². The highest BCUT2D eigenvalue weighted by molar-refractivity contribution is 5.89. The Morgan fingerprint density at radius 1 is 1.03 bits per heavy atom. The molecule has 1 aromatic carbocycles. The Labute approximate surface area is 185 Å². The number of nitrogens with one attached hydrogen (secondary N) is 2. The first-order valence-electron chi connectivity index (χ1n) is 11.9. The van der Waals surface area contributed by atoms with Gasteiger partial charge in [0.25, 0.3) is 0 Å². The number of aromatic nitrogens is 3. The summed E-state index contributed by atoms with van der Waals surface area (Å²) in [5, 5.41) is 4.84. The Kier molecular flexibility index (Phi) is 7.54. The normalized spacial score (nSPS) is 17.9. The molecule has 6 heteroatoms. The van der Waals surface area contributed by atoms with E-state index in [1.165, 1.54) is 37.8 Å². The Morgan fingerprint density at radius 2 is 1.77 bits per heavy atom. The lowest BCUT2D eigenvalue weighted by molar-refractivity contribution is 0.0337. The van der Waals surface area contributed by atoms with E-state index in [4.69, 9.17) is 14.7 Å². The third-order valence-electron chi connectivity index (χ3n) is 6.02. The second-order valence-electron chi connectivity index (χ2n) is 8.19. The largest absolute Gasteiger partial charge is 0.379 e. The van der Waals surface area contributed by atoms with Gasteiger partial charge in [-0.05, 0) is 18.9 Å². The highest BCUT2D eigenvalue weighted by atomic mass is 16.5. The molecule has 166 valence electrons. The molecule has 0 atom stereocenters. The summed E-state index contributed by atoms with van der Waals surface area (Å²) in [7, 11) is 0. The van der Waals surface area contributed by atoms with Crippen molar-refractivity contribution in [2.24, 2.45) is 0 Å². The third kappa shape index (κ3) is 5.43. The molecule has 2 aliphatic rings. The van der Waals surface area contributed by atoms with Crippen LogP contribution in [0.3, 0.4) is 0 Å². The Morgan fingerprint density at radius 3 is 2.52 bits per heavy atom. The van der Waals surface area contributed by atoms with Gasteiger partial charge in [0.05, 0.1) is 18.6 Å². The van der Waals surface area contributed by atoms with Crippen molar-refractivity contribution in [3.8, 4) is 11.4 Å².